The molecule has 4 aliphatic rings. The number of fused-ring (bicyclic) bond motifs is 3. The lowest BCUT2D eigenvalue weighted by molar-refractivity contribution is -0.195. The molecule has 3 fully saturated rings. The summed E-state index contributed by atoms with van der Waals surface area (Å²) in [7, 11) is 4.97. The van der Waals surface area contributed by atoms with Crippen molar-refractivity contribution in [2.75, 3.05) is 34.2 Å². The van der Waals surface area contributed by atoms with Crippen LogP contribution in [0.25, 0.3) is 0 Å². The average molecular weight is 557 g/mol. The van der Waals surface area contributed by atoms with Crippen LogP contribution in [0.1, 0.15) is 34.3 Å². The number of hydrogen-bond acceptors (Lipinski definition) is 11. The van der Waals surface area contributed by atoms with Crippen LogP contribution < -0.4 is 11.1 Å². The Bertz CT molecular complexity index is 1290. The Morgan fingerprint density at radius 2 is 1.80 bits per heavy atom. The number of Topliss-reactive ketones (excluding diaryl/α,β-unsaturated/α-hetero) is 4. The maximum absolute atomic E-state index is 13.9. The Morgan fingerprint density at radius 3 is 2.40 bits per heavy atom. The molecule has 0 spiro atoms. The molecule has 1 aromatic rings. The number of nitrogens with zero attached hydrogens (tertiary/aromatic N) is 2. The first kappa shape index (κ1) is 28.5. The number of carbonyl (C=O) groups excluding carboxylic acids is 5. The fraction of sp³-hybridized carbons (Fsp3) is 0.607. The van der Waals surface area contributed by atoms with Crippen LogP contribution in [0.2, 0.25) is 0 Å². The Balaban J connectivity index is 1.51. The van der Waals surface area contributed by atoms with E-state index in [1.165, 1.54) is 19.0 Å². The molecule has 3 aliphatic carbocycles. The van der Waals surface area contributed by atoms with Crippen LogP contribution in [0, 0.1) is 23.7 Å². The van der Waals surface area contributed by atoms with Crippen LogP contribution in [-0.2, 0) is 32.1 Å². The number of aliphatic hydroxyl groups is 2. The lowest BCUT2D eigenvalue weighted by atomic mass is 9.51. The Hall–Kier alpha value is -3.03. The highest BCUT2D eigenvalue weighted by atomic mass is 16.3. The number of likely N-dealkylation sites (N-methyl/N-ethyl adjacent to an activating group) is 1. The van der Waals surface area contributed by atoms with Crippen molar-refractivity contribution in [1.29, 1.82) is 0 Å². The van der Waals surface area contributed by atoms with E-state index in [4.69, 9.17) is 5.73 Å². The van der Waals surface area contributed by atoms with E-state index in [0.29, 0.717) is 17.7 Å². The number of rotatable bonds is 5. The molecule has 1 saturated heterocycles. The molecular formula is C28H36N4O8. The van der Waals surface area contributed by atoms with Gasteiger partial charge in [-0.3, -0.25) is 28.9 Å². The van der Waals surface area contributed by atoms with Crippen molar-refractivity contribution in [2.24, 2.45) is 29.4 Å². The van der Waals surface area contributed by atoms with E-state index in [9.17, 15) is 39.3 Å². The highest BCUT2D eigenvalue weighted by molar-refractivity contribution is 6.32. The summed E-state index contributed by atoms with van der Waals surface area (Å²) in [4.78, 5) is 69.9. The number of phenols is 1. The number of ketones is 4. The van der Waals surface area contributed by atoms with Gasteiger partial charge < -0.3 is 31.3 Å². The first-order valence-corrected chi connectivity index (χ1v) is 13.6. The molecule has 216 valence electrons. The summed E-state index contributed by atoms with van der Waals surface area (Å²) >= 11 is 0. The molecule has 0 aromatic heterocycles. The molecule has 40 heavy (non-hydrogen) atoms. The van der Waals surface area contributed by atoms with Gasteiger partial charge in [-0.2, -0.15) is 0 Å². The molecular weight excluding hydrogens is 520 g/mol. The quantitative estimate of drug-likeness (QED) is 0.253. The molecule has 7 atom stereocenters. The van der Waals surface area contributed by atoms with E-state index < -0.39 is 70.5 Å². The van der Waals surface area contributed by atoms with Gasteiger partial charge in [-0.15, -0.1) is 0 Å². The summed E-state index contributed by atoms with van der Waals surface area (Å²) in [5.41, 5.74) is 3.15. The van der Waals surface area contributed by atoms with Gasteiger partial charge in [0, 0.05) is 24.1 Å². The summed E-state index contributed by atoms with van der Waals surface area (Å²) in [6, 6.07) is 2.25. The first-order chi connectivity index (χ1) is 18.8. The second kappa shape index (κ2) is 10.1. The minimum absolute atomic E-state index is 0.00321. The Morgan fingerprint density at radius 1 is 1.15 bits per heavy atom. The number of aromatic hydroxyl groups is 1. The van der Waals surface area contributed by atoms with Gasteiger partial charge >= 0.3 is 0 Å². The van der Waals surface area contributed by atoms with E-state index >= 15 is 0 Å². The topological polar surface area (TPSA) is 191 Å². The van der Waals surface area contributed by atoms with Crippen molar-refractivity contribution in [3.05, 3.63) is 28.8 Å². The highest BCUT2D eigenvalue weighted by Crippen LogP contribution is 2.51. The third kappa shape index (κ3) is 4.12. The lowest BCUT2D eigenvalue weighted by Gasteiger charge is -2.54. The van der Waals surface area contributed by atoms with Crippen molar-refractivity contribution < 1.29 is 39.3 Å². The van der Waals surface area contributed by atoms with Crippen LogP contribution in [0.4, 0.5) is 0 Å². The maximum Gasteiger partial charge on any atom is 0.235 e. The van der Waals surface area contributed by atoms with Crippen LogP contribution in [0.5, 0.6) is 5.75 Å². The molecule has 1 aromatic carbocycles. The lowest BCUT2D eigenvalue weighted by Crippen LogP contribution is -2.77. The van der Waals surface area contributed by atoms with E-state index in [1.54, 1.807) is 12.1 Å². The van der Waals surface area contributed by atoms with Gasteiger partial charge in [0.05, 0.1) is 29.5 Å². The molecule has 12 heteroatoms. The molecule has 1 heterocycles. The maximum atomic E-state index is 13.9. The molecule has 5 rings (SSSR count). The van der Waals surface area contributed by atoms with Crippen molar-refractivity contribution >= 4 is 29.0 Å². The minimum Gasteiger partial charge on any atom is -0.507 e. The number of piperidine rings is 1. The van der Waals surface area contributed by atoms with Gasteiger partial charge in [-0.05, 0) is 59.1 Å². The van der Waals surface area contributed by atoms with E-state index in [-0.39, 0.29) is 23.8 Å². The summed E-state index contributed by atoms with van der Waals surface area (Å²) in [6.07, 6.45) is 0.261. The van der Waals surface area contributed by atoms with Crippen molar-refractivity contribution in [3.63, 3.8) is 0 Å². The molecule has 1 amide bonds. The van der Waals surface area contributed by atoms with Gasteiger partial charge in [0.2, 0.25) is 5.91 Å². The predicted molar refractivity (Wildman–Crippen MR) is 140 cm³/mol. The number of benzene rings is 1. The first-order valence-electron chi connectivity index (χ1n) is 13.6. The average Bonchev–Trinajstić information content (AvgIpc) is 2.89. The number of nitrogens with two attached hydrogens (primary N) is 1. The predicted octanol–water partition coefficient (Wildman–Crippen LogP) is -1.98. The van der Waals surface area contributed by atoms with E-state index in [0.717, 1.165) is 25.9 Å². The number of carbonyl (C=O) groups is 5. The number of amides is 1. The Kier molecular flexibility index (Phi) is 7.20. The largest absolute Gasteiger partial charge is 0.507 e. The van der Waals surface area contributed by atoms with Crippen LogP contribution in [-0.4, -0.2) is 112 Å². The van der Waals surface area contributed by atoms with Crippen LogP contribution in [0.3, 0.4) is 0 Å². The van der Waals surface area contributed by atoms with Gasteiger partial charge in [0.25, 0.3) is 0 Å². The number of hydrogen-bond donors (Lipinski definition) is 5. The zero-order chi connectivity index (χ0) is 29.3. The fourth-order valence-corrected chi connectivity index (χ4v) is 7.24. The Labute approximate surface area is 231 Å². The number of primary amides is 1. The van der Waals surface area contributed by atoms with Crippen LogP contribution in [0.15, 0.2) is 12.1 Å². The number of phenolic OH excluding ortho intramolecular Hbond substituents is 1. The summed E-state index contributed by atoms with van der Waals surface area (Å²) in [5.74, 6) is -12.4. The SMILES string of the molecule is CN1CCC(NCc2ccc3c(c2O)C(=O)C2C(=O)[C@]4(O)C(=O)C(C(N)=O)C(=O)[C@@H](N(C)C)[C@@H]4[C@@H](O)[C@@H]2C3)CC1. The number of nitrogens with one attached hydrogen (secondary N) is 1. The second-order valence-corrected chi connectivity index (χ2v) is 11.9. The third-order valence-corrected chi connectivity index (χ3v) is 9.40. The molecule has 2 saturated carbocycles. The minimum atomic E-state index is -2.99. The van der Waals surface area contributed by atoms with Gasteiger partial charge in [-0.25, -0.2) is 0 Å². The zero-order valence-electron chi connectivity index (χ0n) is 22.8. The highest BCUT2D eigenvalue weighted by Gasteiger charge is 2.72. The molecule has 6 N–H and O–H groups in total. The van der Waals surface area contributed by atoms with Gasteiger partial charge in [-0.1, -0.05) is 12.1 Å². The molecule has 0 radical (unpaired) electrons. The van der Waals surface area contributed by atoms with E-state index in [2.05, 4.69) is 17.3 Å². The van der Waals surface area contributed by atoms with Gasteiger partial charge in [0.1, 0.15) is 5.75 Å². The monoisotopic (exact) mass is 556 g/mol. The van der Waals surface area contributed by atoms with Gasteiger partial charge in [0.15, 0.2) is 34.7 Å². The smallest absolute Gasteiger partial charge is 0.235 e. The molecule has 2 unspecified atom stereocenters. The summed E-state index contributed by atoms with van der Waals surface area (Å²) in [5, 5.41) is 37.7. The zero-order valence-corrected chi connectivity index (χ0v) is 22.8. The van der Waals surface area contributed by atoms with Crippen LogP contribution >= 0.6 is 0 Å². The summed E-state index contributed by atoms with van der Waals surface area (Å²) < 4.78 is 0. The number of aliphatic hydroxyl groups excluding tert-OH is 1. The standard InChI is InChI=1S/C28H36N4O8/c1-31(2)20-19-22(34)15-10-12-4-5-13(11-30-14-6-8-32(3)9-7-14)21(33)16(12)23(35)17(15)25(37)28(19,40)26(38)18(24(20)36)27(29)39/h4-5,14-15,17-20,22,30,33-34,40H,6-11H2,1-3H3,(H2,29,39)/t15-,17?,18?,19-,20+,22+,28+/m1/s1. The third-order valence-electron chi connectivity index (χ3n) is 9.40. The van der Waals surface area contributed by atoms with Crippen molar-refractivity contribution in [2.45, 2.75) is 49.6 Å². The van der Waals surface area contributed by atoms with Crippen molar-refractivity contribution in [1.82, 2.24) is 15.1 Å². The van der Waals surface area contributed by atoms with E-state index in [1.807, 2.05) is 0 Å². The fourth-order valence-electron chi connectivity index (χ4n) is 7.24. The summed E-state index contributed by atoms with van der Waals surface area (Å²) in [6.45, 7) is 2.18. The normalized spacial score (nSPS) is 35.0. The number of likely N-dealkylation sites (tertiary alicyclic amines) is 1. The second-order valence-electron chi connectivity index (χ2n) is 11.9. The molecule has 1 aliphatic heterocycles. The molecule has 12 nitrogen and oxygen atoms in total. The molecule has 0 bridgehead atoms. The van der Waals surface area contributed by atoms with Crippen molar-refractivity contribution in [3.8, 4) is 5.75 Å².